The molecule has 2 aliphatic rings. The van der Waals surface area contributed by atoms with Gasteiger partial charge in [-0.3, -0.25) is 9.59 Å². The number of nitrogens with one attached hydrogen (secondary N) is 1. The summed E-state index contributed by atoms with van der Waals surface area (Å²) in [6, 6.07) is 0.0209. The number of nitrogens with two attached hydrogens (primary N) is 1. The molecule has 1 amide bonds. The Balaban J connectivity index is 1.86. The average molecular weight is 240 g/mol. The molecule has 2 fully saturated rings. The first-order valence-electron chi connectivity index (χ1n) is 6.31. The van der Waals surface area contributed by atoms with Crippen molar-refractivity contribution in [1.29, 1.82) is 0 Å². The van der Waals surface area contributed by atoms with Gasteiger partial charge in [0.15, 0.2) is 0 Å². The molecular weight excluding hydrogens is 220 g/mol. The molecule has 0 saturated heterocycles. The Kier molecular flexibility index (Phi) is 3.38. The van der Waals surface area contributed by atoms with Crippen molar-refractivity contribution >= 4 is 11.9 Å². The summed E-state index contributed by atoms with van der Waals surface area (Å²) in [7, 11) is 0. The predicted octanol–water partition coefficient (Wildman–Crippen LogP) is 0.485. The summed E-state index contributed by atoms with van der Waals surface area (Å²) in [4.78, 5) is 22.9. The van der Waals surface area contributed by atoms with E-state index in [2.05, 4.69) is 5.32 Å². The van der Waals surface area contributed by atoms with Crippen LogP contribution < -0.4 is 11.1 Å². The van der Waals surface area contributed by atoms with Gasteiger partial charge in [-0.1, -0.05) is 6.42 Å². The number of carbonyl (C=O) groups is 2. The third-order valence-corrected chi connectivity index (χ3v) is 4.30. The maximum absolute atomic E-state index is 12.1. The first-order valence-corrected chi connectivity index (χ1v) is 6.31. The van der Waals surface area contributed by atoms with Gasteiger partial charge in [-0.15, -0.1) is 0 Å². The van der Waals surface area contributed by atoms with Crippen LogP contribution in [0, 0.1) is 11.3 Å². The van der Waals surface area contributed by atoms with E-state index in [0.29, 0.717) is 19.4 Å². The van der Waals surface area contributed by atoms with Crippen molar-refractivity contribution in [2.75, 3.05) is 6.54 Å². The minimum atomic E-state index is -0.751. The van der Waals surface area contributed by atoms with Crippen molar-refractivity contribution in [3.63, 3.8) is 0 Å². The van der Waals surface area contributed by atoms with Gasteiger partial charge in [0.1, 0.15) is 0 Å². The van der Waals surface area contributed by atoms with Crippen LogP contribution in [0.4, 0.5) is 0 Å². The molecular formula is C12H20N2O3. The van der Waals surface area contributed by atoms with E-state index in [1.165, 1.54) is 0 Å². The maximum Gasteiger partial charge on any atom is 0.306 e. The number of carboxylic acids is 1. The van der Waals surface area contributed by atoms with Crippen LogP contribution in [0.5, 0.6) is 0 Å². The van der Waals surface area contributed by atoms with E-state index in [9.17, 15) is 9.59 Å². The zero-order valence-corrected chi connectivity index (χ0v) is 9.95. The molecule has 0 spiro atoms. The molecule has 2 saturated carbocycles. The molecule has 4 N–H and O–H groups in total. The van der Waals surface area contributed by atoms with Crippen molar-refractivity contribution < 1.29 is 14.7 Å². The summed E-state index contributed by atoms with van der Waals surface area (Å²) in [5.74, 6) is -1.02. The topological polar surface area (TPSA) is 92.4 Å². The summed E-state index contributed by atoms with van der Waals surface area (Å²) in [6.07, 6.45) is 4.78. The Morgan fingerprint density at radius 2 is 2.06 bits per heavy atom. The molecule has 96 valence electrons. The third-order valence-electron chi connectivity index (χ3n) is 4.30. The lowest BCUT2D eigenvalue weighted by atomic mass is 9.68. The molecule has 2 atom stereocenters. The number of hydrogen-bond donors (Lipinski definition) is 3. The van der Waals surface area contributed by atoms with Gasteiger partial charge < -0.3 is 16.2 Å². The van der Waals surface area contributed by atoms with Gasteiger partial charge in [0.2, 0.25) is 5.91 Å². The van der Waals surface area contributed by atoms with E-state index in [4.69, 9.17) is 10.8 Å². The fraction of sp³-hybridized carbons (Fsp3) is 0.833. The van der Waals surface area contributed by atoms with Gasteiger partial charge in [-0.05, 0) is 32.1 Å². The molecule has 0 aromatic carbocycles. The molecule has 2 aliphatic carbocycles. The van der Waals surface area contributed by atoms with Crippen LogP contribution in [0.25, 0.3) is 0 Å². The standard InChI is InChI=1S/C12H20N2O3/c13-7-12(4-1-5-12)11(17)14-9-3-2-8(6-9)10(15)16/h8-9H,1-7,13H2,(H,14,17)(H,15,16). The lowest BCUT2D eigenvalue weighted by Gasteiger charge is -2.39. The first-order chi connectivity index (χ1) is 8.07. The van der Waals surface area contributed by atoms with E-state index in [-0.39, 0.29) is 23.3 Å². The van der Waals surface area contributed by atoms with Crippen LogP contribution in [0.15, 0.2) is 0 Å². The zero-order valence-electron chi connectivity index (χ0n) is 9.95. The summed E-state index contributed by atoms with van der Waals surface area (Å²) < 4.78 is 0. The van der Waals surface area contributed by atoms with Crippen LogP contribution in [-0.2, 0) is 9.59 Å². The second-order valence-corrected chi connectivity index (χ2v) is 5.36. The number of hydrogen-bond acceptors (Lipinski definition) is 3. The maximum atomic E-state index is 12.1. The van der Waals surface area contributed by atoms with E-state index in [0.717, 1.165) is 25.7 Å². The summed E-state index contributed by atoms with van der Waals surface area (Å²) in [5, 5.41) is 11.9. The van der Waals surface area contributed by atoms with Gasteiger partial charge in [-0.25, -0.2) is 0 Å². The molecule has 17 heavy (non-hydrogen) atoms. The number of rotatable bonds is 4. The summed E-state index contributed by atoms with van der Waals surface area (Å²) in [6.45, 7) is 0.397. The van der Waals surface area contributed by atoms with Gasteiger partial charge in [-0.2, -0.15) is 0 Å². The predicted molar refractivity (Wildman–Crippen MR) is 62.2 cm³/mol. The molecule has 2 rings (SSSR count). The molecule has 0 aromatic heterocycles. The lowest BCUT2D eigenvalue weighted by Crippen LogP contribution is -2.52. The first kappa shape index (κ1) is 12.4. The largest absolute Gasteiger partial charge is 0.481 e. The van der Waals surface area contributed by atoms with Gasteiger partial charge in [0.05, 0.1) is 11.3 Å². The molecule has 0 radical (unpaired) electrons. The van der Waals surface area contributed by atoms with Crippen molar-refractivity contribution in [3.05, 3.63) is 0 Å². The fourth-order valence-electron chi connectivity index (χ4n) is 2.80. The zero-order chi connectivity index (χ0) is 12.5. The van der Waals surface area contributed by atoms with E-state index in [1.54, 1.807) is 0 Å². The molecule has 5 nitrogen and oxygen atoms in total. The second-order valence-electron chi connectivity index (χ2n) is 5.36. The normalized spacial score (nSPS) is 30.6. The highest BCUT2D eigenvalue weighted by Gasteiger charge is 2.44. The quantitative estimate of drug-likeness (QED) is 0.666. The monoisotopic (exact) mass is 240 g/mol. The summed E-state index contributed by atoms with van der Waals surface area (Å²) >= 11 is 0. The highest BCUT2D eigenvalue weighted by Crippen LogP contribution is 2.40. The highest BCUT2D eigenvalue weighted by molar-refractivity contribution is 5.84. The van der Waals surface area contributed by atoms with Crippen LogP contribution in [-0.4, -0.2) is 29.6 Å². The van der Waals surface area contributed by atoms with Crippen LogP contribution in [0.3, 0.4) is 0 Å². The average Bonchev–Trinajstić information content (AvgIpc) is 2.65. The van der Waals surface area contributed by atoms with Gasteiger partial charge in [0, 0.05) is 12.6 Å². The van der Waals surface area contributed by atoms with Crippen LogP contribution in [0.1, 0.15) is 38.5 Å². The van der Waals surface area contributed by atoms with E-state index in [1.807, 2.05) is 0 Å². The fourth-order valence-corrected chi connectivity index (χ4v) is 2.80. The Labute approximate surface area is 101 Å². The number of carbonyl (C=O) groups excluding carboxylic acids is 1. The molecule has 0 aliphatic heterocycles. The highest BCUT2D eigenvalue weighted by atomic mass is 16.4. The number of amides is 1. The Hall–Kier alpha value is -1.10. The van der Waals surface area contributed by atoms with Crippen molar-refractivity contribution in [1.82, 2.24) is 5.32 Å². The smallest absolute Gasteiger partial charge is 0.306 e. The van der Waals surface area contributed by atoms with Crippen molar-refractivity contribution in [3.8, 4) is 0 Å². The van der Waals surface area contributed by atoms with Crippen LogP contribution in [0.2, 0.25) is 0 Å². The van der Waals surface area contributed by atoms with E-state index < -0.39 is 5.97 Å². The van der Waals surface area contributed by atoms with Crippen LogP contribution >= 0.6 is 0 Å². The number of aliphatic carboxylic acids is 1. The lowest BCUT2D eigenvalue weighted by molar-refractivity contribution is -0.142. The molecule has 0 heterocycles. The minimum Gasteiger partial charge on any atom is -0.481 e. The third kappa shape index (κ3) is 2.29. The molecule has 2 unspecified atom stereocenters. The minimum absolute atomic E-state index is 0.0209. The number of carboxylic acid groups (broad SMARTS) is 1. The summed E-state index contributed by atoms with van der Waals surface area (Å²) in [5.41, 5.74) is 5.30. The van der Waals surface area contributed by atoms with Crippen molar-refractivity contribution in [2.24, 2.45) is 17.1 Å². The Morgan fingerprint density at radius 1 is 1.35 bits per heavy atom. The van der Waals surface area contributed by atoms with Gasteiger partial charge in [0.25, 0.3) is 0 Å². The Morgan fingerprint density at radius 3 is 2.47 bits per heavy atom. The van der Waals surface area contributed by atoms with Gasteiger partial charge >= 0.3 is 5.97 Å². The van der Waals surface area contributed by atoms with E-state index >= 15 is 0 Å². The van der Waals surface area contributed by atoms with Crippen molar-refractivity contribution in [2.45, 2.75) is 44.6 Å². The SMILES string of the molecule is NCC1(C(=O)NC2CCC(C(=O)O)C2)CCC1. The molecule has 0 aromatic rings. The second kappa shape index (κ2) is 4.64. The molecule has 0 bridgehead atoms. The molecule has 5 heteroatoms. The Bertz CT molecular complexity index is 320.